The molecule has 0 aromatic heterocycles. The summed E-state index contributed by atoms with van der Waals surface area (Å²) in [5, 5.41) is 0. The van der Waals surface area contributed by atoms with Crippen LogP contribution in [0.5, 0.6) is 0 Å². The monoisotopic (exact) mass is 221 g/mol. The Bertz CT molecular complexity index is 165. The van der Waals surface area contributed by atoms with Gasteiger partial charge in [0, 0.05) is 0 Å². The summed E-state index contributed by atoms with van der Waals surface area (Å²) in [5.74, 6) is 0. The zero-order valence-corrected chi connectivity index (χ0v) is 11.1. The molecule has 0 aliphatic carbocycles. The Kier molecular flexibility index (Phi) is 14.0. The number of rotatable bonds is 11. The summed E-state index contributed by atoms with van der Waals surface area (Å²) < 4.78 is 0. The average Bonchev–Trinajstić information content (AvgIpc) is 2.31. The normalized spacial score (nSPS) is 11.9. The fourth-order valence-corrected chi connectivity index (χ4v) is 1.63. The SMILES string of the molecule is [CH2]CCCCC=CCC=CCCCCCC. The van der Waals surface area contributed by atoms with Crippen molar-refractivity contribution >= 4 is 0 Å². The minimum Gasteiger partial charge on any atom is -0.0882 e. The lowest BCUT2D eigenvalue weighted by Gasteiger charge is -1.93. The Labute approximate surface area is 103 Å². The molecule has 0 atom stereocenters. The van der Waals surface area contributed by atoms with Crippen LogP contribution in [0.15, 0.2) is 24.3 Å². The molecule has 0 amide bonds. The molecular weight excluding hydrogens is 192 g/mol. The average molecular weight is 221 g/mol. The third-order valence-electron chi connectivity index (χ3n) is 2.70. The first kappa shape index (κ1) is 15.5. The number of allylic oxidation sites excluding steroid dienone is 4. The fourth-order valence-electron chi connectivity index (χ4n) is 1.63. The molecule has 0 bridgehead atoms. The van der Waals surface area contributed by atoms with Crippen LogP contribution in [0.1, 0.15) is 71.1 Å². The van der Waals surface area contributed by atoms with Crippen molar-refractivity contribution in [3.05, 3.63) is 31.2 Å². The van der Waals surface area contributed by atoms with Gasteiger partial charge in [-0.15, -0.1) is 0 Å². The molecule has 0 saturated carbocycles. The highest BCUT2D eigenvalue weighted by Gasteiger charge is 1.84. The van der Waals surface area contributed by atoms with Gasteiger partial charge in [-0.1, -0.05) is 70.3 Å². The van der Waals surface area contributed by atoms with Gasteiger partial charge in [-0.3, -0.25) is 0 Å². The quantitative estimate of drug-likeness (QED) is 0.303. The lowest BCUT2D eigenvalue weighted by molar-refractivity contribution is 0.674. The van der Waals surface area contributed by atoms with Crippen LogP contribution in [0.2, 0.25) is 0 Å². The molecule has 0 fully saturated rings. The van der Waals surface area contributed by atoms with Crippen LogP contribution in [0.3, 0.4) is 0 Å². The second-order valence-corrected chi connectivity index (χ2v) is 4.38. The first-order valence-corrected chi connectivity index (χ1v) is 7.01. The van der Waals surface area contributed by atoms with Gasteiger partial charge in [0.1, 0.15) is 0 Å². The summed E-state index contributed by atoms with van der Waals surface area (Å²) in [6.07, 6.45) is 21.9. The molecule has 0 saturated heterocycles. The first-order valence-electron chi connectivity index (χ1n) is 7.01. The van der Waals surface area contributed by atoms with Crippen LogP contribution in [0, 0.1) is 6.92 Å². The highest BCUT2D eigenvalue weighted by atomic mass is 13.9. The Morgan fingerprint density at radius 1 is 0.750 bits per heavy atom. The van der Waals surface area contributed by atoms with Gasteiger partial charge in [-0.25, -0.2) is 0 Å². The predicted molar refractivity (Wildman–Crippen MR) is 75.5 cm³/mol. The molecule has 0 heteroatoms. The van der Waals surface area contributed by atoms with E-state index in [1.807, 2.05) is 0 Å². The van der Waals surface area contributed by atoms with Gasteiger partial charge in [0.2, 0.25) is 0 Å². The second kappa shape index (κ2) is 14.5. The molecule has 93 valence electrons. The molecular formula is C16H29. The van der Waals surface area contributed by atoms with Gasteiger partial charge in [0.05, 0.1) is 0 Å². The Morgan fingerprint density at radius 3 is 1.94 bits per heavy atom. The lowest BCUT2D eigenvalue weighted by atomic mass is 10.1. The van der Waals surface area contributed by atoms with Crippen molar-refractivity contribution in [3.8, 4) is 0 Å². The largest absolute Gasteiger partial charge is 0.0882 e. The van der Waals surface area contributed by atoms with Gasteiger partial charge in [-0.2, -0.15) is 0 Å². The van der Waals surface area contributed by atoms with E-state index in [2.05, 4.69) is 38.2 Å². The van der Waals surface area contributed by atoms with Gasteiger partial charge in [0.25, 0.3) is 0 Å². The van der Waals surface area contributed by atoms with Crippen molar-refractivity contribution < 1.29 is 0 Å². The molecule has 0 N–H and O–H groups in total. The van der Waals surface area contributed by atoms with E-state index >= 15 is 0 Å². The molecule has 0 heterocycles. The summed E-state index contributed by atoms with van der Waals surface area (Å²) in [4.78, 5) is 0. The molecule has 0 rings (SSSR count). The second-order valence-electron chi connectivity index (χ2n) is 4.38. The van der Waals surface area contributed by atoms with Crippen LogP contribution in [0.25, 0.3) is 0 Å². The molecule has 0 unspecified atom stereocenters. The maximum atomic E-state index is 3.84. The molecule has 16 heavy (non-hydrogen) atoms. The number of hydrogen-bond donors (Lipinski definition) is 0. The molecule has 0 aromatic rings. The van der Waals surface area contributed by atoms with Crippen molar-refractivity contribution in [2.24, 2.45) is 0 Å². The number of unbranched alkanes of at least 4 members (excludes halogenated alkanes) is 7. The maximum Gasteiger partial charge on any atom is -0.0169 e. The molecule has 0 spiro atoms. The van der Waals surface area contributed by atoms with Gasteiger partial charge < -0.3 is 0 Å². The zero-order chi connectivity index (χ0) is 11.9. The summed E-state index contributed by atoms with van der Waals surface area (Å²) in [5.41, 5.74) is 0. The molecule has 1 radical (unpaired) electrons. The topological polar surface area (TPSA) is 0 Å². The van der Waals surface area contributed by atoms with Crippen molar-refractivity contribution in [2.45, 2.75) is 71.1 Å². The van der Waals surface area contributed by atoms with Gasteiger partial charge in [0.15, 0.2) is 0 Å². The summed E-state index contributed by atoms with van der Waals surface area (Å²) in [6.45, 7) is 6.10. The minimum atomic E-state index is 1.07. The molecule has 0 aromatic carbocycles. The van der Waals surface area contributed by atoms with E-state index in [4.69, 9.17) is 0 Å². The highest BCUT2D eigenvalue weighted by Crippen LogP contribution is 2.04. The van der Waals surface area contributed by atoms with E-state index in [9.17, 15) is 0 Å². The third kappa shape index (κ3) is 13.5. The van der Waals surface area contributed by atoms with Crippen molar-refractivity contribution in [1.29, 1.82) is 0 Å². The molecule has 0 aliphatic heterocycles. The molecule has 0 aliphatic rings. The van der Waals surface area contributed by atoms with E-state index in [0.29, 0.717) is 0 Å². The van der Waals surface area contributed by atoms with Crippen LogP contribution in [-0.2, 0) is 0 Å². The Hall–Kier alpha value is -0.520. The van der Waals surface area contributed by atoms with Crippen LogP contribution in [0.4, 0.5) is 0 Å². The lowest BCUT2D eigenvalue weighted by Crippen LogP contribution is -1.73. The minimum absolute atomic E-state index is 1.07. The first-order chi connectivity index (χ1) is 7.91. The zero-order valence-electron chi connectivity index (χ0n) is 11.1. The van der Waals surface area contributed by atoms with Crippen LogP contribution < -0.4 is 0 Å². The van der Waals surface area contributed by atoms with Crippen molar-refractivity contribution in [1.82, 2.24) is 0 Å². The van der Waals surface area contributed by atoms with Crippen molar-refractivity contribution in [3.63, 3.8) is 0 Å². The van der Waals surface area contributed by atoms with Gasteiger partial charge in [-0.05, 0) is 32.1 Å². The van der Waals surface area contributed by atoms with Gasteiger partial charge >= 0.3 is 0 Å². The summed E-state index contributed by atoms with van der Waals surface area (Å²) in [7, 11) is 0. The van der Waals surface area contributed by atoms with E-state index in [1.54, 1.807) is 0 Å². The maximum absolute atomic E-state index is 3.84. The number of hydrogen-bond acceptors (Lipinski definition) is 0. The fraction of sp³-hybridized carbons (Fsp3) is 0.688. The smallest absolute Gasteiger partial charge is 0.0169 e. The van der Waals surface area contributed by atoms with E-state index in [0.717, 1.165) is 12.8 Å². The van der Waals surface area contributed by atoms with E-state index in [1.165, 1.54) is 51.4 Å². The standard InChI is InChI=1S/C16H29/c1-3-5-7-9-11-13-15-16-14-12-10-8-6-4-2/h11,13-14,16H,1,3-10,12,15H2,2H3. The highest BCUT2D eigenvalue weighted by molar-refractivity contribution is 4.92. The Balaban J connectivity index is 3.14. The molecule has 0 nitrogen and oxygen atoms in total. The summed E-state index contributed by atoms with van der Waals surface area (Å²) >= 11 is 0. The van der Waals surface area contributed by atoms with E-state index in [-0.39, 0.29) is 0 Å². The Morgan fingerprint density at radius 2 is 1.38 bits per heavy atom. The third-order valence-corrected chi connectivity index (χ3v) is 2.70. The van der Waals surface area contributed by atoms with Crippen molar-refractivity contribution in [2.75, 3.05) is 0 Å². The van der Waals surface area contributed by atoms with Crippen LogP contribution >= 0.6 is 0 Å². The van der Waals surface area contributed by atoms with Crippen LogP contribution in [-0.4, -0.2) is 0 Å². The predicted octanol–water partition coefficient (Wildman–Crippen LogP) is 5.85. The summed E-state index contributed by atoms with van der Waals surface area (Å²) in [6, 6.07) is 0. The van der Waals surface area contributed by atoms with E-state index < -0.39 is 0 Å².